The highest BCUT2D eigenvalue weighted by atomic mass is 32.2. The zero-order chi connectivity index (χ0) is 14.2. The monoisotopic (exact) mass is 294 g/mol. The number of hydrogen-bond acceptors (Lipinski definition) is 6. The molecule has 1 aliphatic carbocycles. The van der Waals surface area contributed by atoms with Crippen molar-refractivity contribution in [1.82, 2.24) is 25.2 Å². The largest absolute Gasteiger partial charge is 0.255 e. The van der Waals surface area contributed by atoms with Crippen LogP contribution in [0.3, 0.4) is 0 Å². The van der Waals surface area contributed by atoms with Crippen molar-refractivity contribution in [1.29, 1.82) is 5.26 Å². The first-order chi connectivity index (χ1) is 10.4. The van der Waals surface area contributed by atoms with E-state index in [9.17, 15) is 5.26 Å². The van der Waals surface area contributed by atoms with Gasteiger partial charge in [-0.05, 0) is 41.1 Å². The summed E-state index contributed by atoms with van der Waals surface area (Å²) in [6, 6.07) is 10.4. The molecule has 0 spiro atoms. The van der Waals surface area contributed by atoms with Gasteiger partial charge in [-0.15, -0.1) is 5.10 Å². The molecule has 0 unspecified atom stereocenters. The van der Waals surface area contributed by atoms with Crippen molar-refractivity contribution in [2.45, 2.75) is 28.9 Å². The van der Waals surface area contributed by atoms with E-state index < -0.39 is 0 Å². The molecule has 1 saturated carbocycles. The molecule has 0 atom stereocenters. The van der Waals surface area contributed by atoms with Crippen molar-refractivity contribution in [2.75, 3.05) is 0 Å². The van der Waals surface area contributed by atoms with Gasteiger partial charge >= 0.3 is 0 Å². The standard InChI is InChI=1S/C14H10N6S/c15-7-9-8-16-12-4-2-1-3-11(12)13(9)21-14-17-18-19-20(14)10-5-6-10/h1-4,8,10H,5-6H2. The fraction of sp³-hybridized carbons (Fsp3) is 0.214. The lowest BCUT2D eigenvalue weighted by atomic mass is 10.2. The van der Waals surface area contributed by atoms with Crippen LogP contribution in [-0.2, 0) is 0 Å². The Labute approximate surface area is 124 Å². The van der Waals surface area contributed by atoms with E-state index in [1.165, 1.54) is 11.8 Å². The highest BCUT2D eigenvalue weighted by Gasteiger charge is 2.28. The first kappa shape index (κ1) is 12.3. The van der Waals surface area contributed by atoms with Crippen molar-refractivity contribution in [3.05, 3.63) is 36.0 Å². The summed E-state index contributed by atoms with van der Waals surface area (Å²) in [6.45, 7) is 0. The van der Waals surface area contributed by atoms with E-state index in [0.717, 1.165) is 33.8 Å². The smallest absolute Gasteiger partial charge is 0.214 e. The lowest BCUT2D eigenvalue weighted by molar-refractivity contribution is 0.565. The third-order valence-corrected chi connectivity index (χ3v) is 4.49. The summed E-state index contributed by atoms with van der Waals surface area (Å²) in [5.41, 5.74) is 1.41. The van der Waals surface area contributed by atoms with Crippen LogP contribution in [0.4, 0.5) is 0 Å². The normalized spacial score (nSPS) is 14.2. The molecule has 0 bridgehead atoms. The van der Waals surface area contributed by atoms with Crippen LogP contribution >= 0.6 is 11.8 Å². The van der Waals surface area contributed by atoms with E-state index in [0.29, 0.717) is 11.6 Å². The summed E-state index contributed by atoms with van der Waals surface area (Å²) in [7, 11) is 0. The van der Waals surface area contributed by atoms with Gasteiger partial charge in [0.25, 0.3) is 0 Å². The Morgan fingerprint density at radius 3 is 2.95 bits per heavy atom. The summed E-state index contributed by atoms with van der Waals surface area (Å²) in [4.78, 5) is 5.18. The predicted octanol–water partition coefficient (Wildman–Crippen LogP) is 2.58. The molecule has 0 N–H and O–H groups in total. The van der Waals surface area contributed by atoms with Crippen LogP contribution in [0, 0.1) is 11.3 Å². The number of nitriles is 1. The molecule has 6 nitrogen and oxygen atoms in total. The Bertz CT molecular complexity index is 861. The first-order valence-electron chi connectivity index (χ1n) is 6.60. The van der Waals surface area contributed by atoms with Gasteiger partial charge in [0.2, 0.25) is 5.16 Å². The number of aromatic nitrogens is 5. The molecule has 1 aliphatic rings. The summed E-state index contributed by atoms with van der Waals surface area (Å²) in [5, 5.41) is 22.9. The molecule has 0 aliphatic heterocycles. The number of tetrazole rings is 1. The van der Waals surface area contributed by atoms with Crippen LogP contribution in [0.25, 0.3) is 10.9 Å². The van der Waals surface area contributed by atoms with Gasteiger partial charge < -0.3 is 0 Å². The average molecular weight is 294 g/mol. The lowest BCUT2D eigenvalue weighted by Crippen LogP contribution is -1.99. The van der Waals surface area contributed by atoms with Crippen LogP contribution in [0.2, 0.25) is 0 Å². The van der Waals surface area contributed by atoms with Gasteiger partial charge in [-0.3, -0.25) is 4.98 Å². The number of benzene rings is 1. The molecule has 2 heterocycles. The highest BCUT2D eigenvalue weighted by Crippen LogP contribution is 2.40. The third kappa shape index (κ3) is 2.14. The van der Waals surface area contributed by atoms with E-state index in [2.05, 4.69) is 26.6 Å². The quantitative estimate of drug-likeness (QED) is 0.738. The van der Waals surface area contributed by atoms with Crippen molar-refractivity contribution in [2.24, 2.45) is 0 Å². The molecule has 1 fully saturated rings. The Balaban J connectivity index is 1.85. The number of pyridine rings is 1. The second kappa shape index (κ2) is 4.82. The minimum absolute atomic E-state index is 0.404. The van der Waals surface area contributed by atoms with Crippen LogP contribution < -0.4 is 0 Å². The summed E-state index contributed by atoms with van der Waals surface area (Å²) in [6.07, 6.45) is 3.83. The Kier molecular flexibility index (Phi) is 2.82. The second-order valence-corrected chi connectivity index (χ2v) is 5.85. The summed E-state index contributed by atoms with van der Waals surface area (Å²) >= 11 is 1.43. The molecule has 0 radical (unpaired) electrons. The third-order valence-electron chi connectivity index (χ3n) is 3.40. The molecule has 21 heavy (non-hydrogen) atoms. The molecule has 0 amide bonds. The molecule has 7 heteroatoms. The lowest BCUT2D eigenvalue weighted by Gasteiger charge is -2.07. The van der Waals surface area contributed by atoms with Crippen LogP contribution in [0.5, 0.6) is 0 Å². The highest BCUT2D eigenvalue weighted by molar-refractivity contribution is 7.99. The minimum Gasteiger partial charge on any atom is -0.255 e. The predicted molar refractivity (Wildman–Crippen MR) is 76.7 cm³/mol. The topological polar surface area (TPSA) is 80.3 Å². The van der Waals surface area contributed by atoms with Gasteiger partial charge in [0.1, 0.15) is 6.07 Å². The maximum absolute atomic E-state index is 9.34. The minimum atomic E-state index is 0.404. The Hall–Kier alpha value is -2.46. The number of hydrogen-bond donors (Lipinski definition) is 0. The molecule has 4 rings (SSSR count). The molecule has 0 saturated heterocycles. The average Bonchev–Trinajstić information content (AvgIpc) is 3.27. The molecular formula is C14H10N6S. The molecule has 3 aromatic rings. The Morgan fingerprint density at radius 1 is 1.29 bits per heavy atom. The van der Waals surface area contributed by atoms with E-state index in [1.54, 1.807) is 6.20 Å². The van der Waals surface area contributed by atoms with Crippen molar-refractivity contribution in [3.63, 3.8) is 0 Å². The molecular weight excluding hydrogens is 284 g/mol. The van der Waals surface area contributed by atoms with Gasteiger partial charge in [0.05, 0.1) is 17.1 Å². The number of para-hydroxylation sites is 1. The van der Waals surface area contributed by atoms with E-state index in [-0.39, 0.29) is 0 Å². The molecule has 1 aromatic carbocycles. The van der Waals surface area contributed by atoms with E-state index in [4.69, 9.17) is 0 Å². The zero-order valence-electron chi connectivity index (χ0n) is 11.0. The molecule has 102 valence electrons. The fourth-order valence-electron chi connectivity index (χ4n) is 2.20. The number of nitrogens with zero attached hydrogens (tertiary/aromatic N) is 6. The van der Waals surface area contributed by atoms with Crippen molar-refractivity contribution in [3.8, 4) is 6.07 Å². The van der Waals surface area contributed by atoms with Crippen molar-refractivity contribution >= 4 is 22.7 Å². The zero-order valence-corrected chi connectivity index (χ0v) is 11.8. The summed E-state index contributed by atoms with van der Waals surface area (Å²) < 4.78 is 1.85. The van der Waals surface area contributed by atoms with Gasteiger partial charge in [-0.2, -0.15) is 5.26 Å². The van der Waals surface area contributed by atoms with Crippen LogP contribution in [0.1, 0.15) is 24.4 Å². The molecule has 2 aromatic heterocycles. The van der Waals surface area contributed by atoms with Gasteiger partial charge in [-0.25, -0.2) is 4.68 Å². The van der Waals surface area contributed by atoms with E-state index >= 15 is 0 Å². The Morgan fingerprint density at radius 2 is 2.14 bits per heavy atom. The van der Waals surface area contributed by atoms with Gasteiger partial charge in [-0.1, -0.05) is 18.2 Å². The van der Waals surface area contributed by atoms with E-state index in [1.807, 2.05) is 28.9 Å². The number of fused-ring (bicyclic) bond motifs is 1. The van der Waals surface area contributed by atoms with Gasteiger partial charge in [0, 0.05) is 16.5 Å². The van der Waals surface area contributed by atoms with Crippen LogP contribution in [-0.4, -0.2) is 25.2 Å². The maximum Gasteiger partial charge on any atom is 0.214 e. The maximum atomic E-state index is 9.34. The van der Waals surface area contributed by atoms with Crippen LogP contribution in [0.15, 0.2) is 40.5 Å². The first-order valence-corrected chi connectivity index (χ1v) is 7.42. The summed E-state index contributed by atoms with van der Waals surface area (Å²) in [5.74, 6) is 0. The second-order valence-electron chi connectivity index (χ2n) is 4.87. The van der Waals surface area contributed by atoms with Crippen molar-refractivity contribution < 1.29 is 0 Å². The fourth-order valence-corrected chi connectivity index (χ4v) is 3.23. The number of rotatable bonds is 3. The SMILES string of the molecule is N#Cc1cnc2ccccc2c1Sc1nnnn1C1CC1. The van der Waals surface area contributed by atoms with Gasteiger partial charge in [0.15, 0.2) is 0 Å².